The summed E-state index contributed by atoms with van der Waals surface area (Å²) in [5.74, 6) is 0. The molecule has 0 saturated carbocycles. The van der Waals surface area contributed by atoms with Crippen LogP contribution in [0.1, 0.15) is 36.6 Å². The van der Waals surface area contributed by atoms with Crippen LogP contribution in [0.15, 0.2) is 24.3 Å². The van der Waals surface area contributed by atoms with Crippen molar-refractivity contribution < 1.29 is 0 Å². The lowest BCUT2D eigenvalue weighted by Gasteiger charge is -2.38. The summed E-state index contributed by atoms with van der Waals surface area (Å²) in [4.78, 5) is 5.15. The maximum atomic E-state index is 6.26. The first-order chi connectivity index (χ1) is 8.79. The Morgan fingerprint density at radius 3 is 2.44 bits per heavy atom. The summed E-state index contributed by atoms with van der Waals surface area (Å²) in [7, 11) is 0. The first-order valence-corrected chi connectivity index (χ1v) is 7.10. The van der Waals surface area contributed by atoms with E-state index < -0.39 is 0 Å². The predicted octanol–water partition coefficient (Wildman–Crippen LogP) is 1.77. The molecule has 1 aromatic rings. The van der Waals surface area contributed by atoms with Crippen molar-refractivity contribution in [1.29, 1.82) is 0 Å². The number of nitrogens with two attached hydrogens (primary N) is 1. The minimum absolute atomic E-state index is 0.232. The summed E-state index contributed by atoms with van der Waals surface area (Å²) in [5, 5.41) is 0. The second-order valence-electron chi connectivity index (χ2n) is 5.46. The van der Waals surface area contributed by atoms with Crippen molar-refractivity contribution in [2.45, 2.75) is 25.4 Å². The summed E-state index contributed by atoms with van der Waals surface area (Å²) in [5.41, 5.74) is 9.09. The lowest BCUT2D eigenvalue weighted by Crippen LogP contribution is -2.47. The third-order valence-corrected chi connectivity index (χ3v) is 4.53. The molecule has 3 nitrogen and oxygen atoms in total. The third kappa shape index (κ3) is 2.07. The highest BCUT2D eigenvalue weighted by Gasteiger charge is 2.33. The number of rotatable bonds is 2. The zero-order chi connectivity index (χ0) is 12.5. The van der Waals surface area contributed by atoms with Gasteiger partial charge in [-0.1, -0.05) is 31.2 Å². The lowest BCUT2D eigenvalue weighted by atomic mass is 10.1. The molecule has 0 bridgehead atoms. The van der Waals surface area contributed by atoms with E-state index in [1.54, 1.807) is 0 Å². The van der Waals surface area contributed by atoms with Crippen LogP contribution in [0.5, 0.6) is 0 Å². The molecule has 18 heavy (non-hydrogen) atoms. The normalized spacial score (nSPS) is 29.4. The van der Waals surface area contributed by atoms with E-state index in [2.05, 4.69) is 41.0 Å². The van der Waals surface area contributed by atoms with Crippen LogP contribution in [-0.2, 0) is 0 Å². The van der Waals surface area contributed by atoms with Crippen LogP contribution in [-0.4, -0.2) is 42.5 Å². The van der Waals surface area contributed by atoms with Crippen molar-refractivity contribution in [3.63, 3.8) is 0 Å². The van der Waals surface area contributed by atoms with Gasteiger partial charge in [-0.3, -0.25) is 4.90 Å². The Morgan fingerprint density at radius 1 is 1.11 bits per heavy atom. The number of hydrogen-bond donors (Lipinski definition) is 1. The van der Waals surface area contributed by atoms with E-state index in [1.165, 1.54) is 43.9 Å². The van der Waals surface area contributed by atoms with Gasteiger partial charge in [-0.05, 0) is 24.1 Å². The second kappa shape index (κ2) is 5.00. The molecule has 1 saturated heterocycles. The molecule has 3 rings (SSSR count). The molecule has 1 aliphatic carbocycles. The molecular weight excluding hydrogens is 222 g/mol. The molecule has 0 aromatic heterocycles. The highest BCUT2D eigenvalue weighted by Crippen LogP contribution is 2.40. The Kier molecular flexibility index (Phi) is 3.37. The van der Waals surface area contributed by atoms with Gasteiger partial charge in [-0.15, -0.1) is 0 Å². The molecule has 1 heterocycles. The molecule has 1 aromatic carbocycles. The van der Waals surface area contributed by atoms with Crippen LogP contribution >= 0.6 is 0 Å². The van der Waals surface area contributed by atoms with Gasteiger partial charge in [0.05, 0.1) is 0 Å². The van der Waals surface area contributed by atoms with E-state index >= 15 is 0 Å². The molecule has 2 N–H and O–H groups in total. The van der Waals surface area contributed by atoms with E-state index in [0.29, 0.717) is 6.04 Å². The van der Waals surface area contributed by atoms with E-state index in [4.69, 9.17) is 5.73 Å². The van der Waals surface area contributed by atoms with Gasteiger partial charge in [0.1, 0.15) is 0 Å². The zero-order valence-electron chi connectivity index (χ0n) is 11.2. The van der Waals surface area contributed by atoms with Crippen LogP contribution < -0.4 is 5.73 Å². The van der Waals surface area contributed by atoms with E-state index in [0.717, 1.165) is 6.42 Å². The number of fused-ring (bicyclic) bond motifs is 1. The van der Waals surface area contributed by atoms with Crippen molar-refractivity contribution in [1.82, 2.24) is 9.80 Å². The quantitative estimate of drug-likeness (QED) is 0.862. The Balaban J connectivity index is 1.75. The van der Waals surface area contributed by atoms with Crippen molar-refractivity contribution in [3.05, 3.63) is 35.4 Å². The number of benzene rings is 1. The Hall–Kier alpha value is -0.900. The first-order valence-electron chi connectivity index (χ1n) is 7.10. The number of hydrogen-bond acceptors (Lipinski definition) is 3. The minimum atomic E-state index is 0.232. The molecule has 0 amide bonds. The van der Waals surface area contributed by atoms with Crippen molar-refractivity contribution >= 4 is 0 Å². The molecule has 1 fully saturated rings. The zero-order valence-corrected chi connectivity index (χ0v) is 11.2. The fourth-order valence-electron chi connectivity index (χ4n) is 3.38. The van der Waals surface area contributed by atoms with Gasteiger partial charge >= 0.3 is 0 Å². The van der Waals surface area contributed by atoms with Gasteiger partial charge in [-0.25, -0.2) is 0 Å². The first kappa shape index (κ1) is 12.2. The van der Waals surface area contributed by atoms with E-state index in [1.807, 2.05) is 0 Å². The van der Waals surface area contributed by atoms with Crippen molar-refractivity contribution in [3.8, 4) is 0 Å². The van der Waals surface area contributed by atoms with Gasteiger partial charge in [0.25, 0.3) is 0 Å². The highest BCUT2D eigenvalue weighted by molar-refractivity contribution is 5.37. The molecule has 2 atom stereocenters. The van der Waals surface area contributed by atoms with Crippen LogP contribution in [0.2, 0.25) is 0 Å². The fourth-order valence-corrected chi connectivity index (χ4v) is 3.38. The van der Waals surface area contributed by atoms with Crippen LogP contribution in [0.3, 0.4) is 0 Å². The predicted molar refractivity (Wildman–Crippen MR) is 74.4 cm³/mol. The Bertz CT molecular complexity index is 410. The average Bonchev–Trinajstić information content (AvgIpc) is 2.77. The molecule has 0 spiro atoms. The number of likely N-dealkylation sites (N-methyl/N-ethyl adjacent to an activating group) is 1. The average molecular weight is 245 g/mol. The molecule has 1 aliphatic heterocycles. The van der Waals surface area contributed by atoms with Crippen LogP contribution in [0.4, 0.5) is 0 Å². The topological polar surface area (TPSA) is 32.5 Å². The highest BCUT2D eigenvalue weighted by atomic mass is 15.3. The van der Waals surface area contributed by atoms with Crippen LogP contribution in [0.25, 0.3) is 0 Å². The fraction of sp³-hybridized carbons (Fsp3) is 0.600. The smallest absolute Gasteiger partial charge is 0.0370 e. The van der Waals surface area contributed by atoms with Gasteiger partial charge in [0, 0.05) is 38.3 Å². The monoisotopic (exact) mass is 245 g/mol. The molecule has 0 radical (unpaired) electrons. The molecule has 2 unspecified atom stereocenters. The van der Waals surface area contributed by atoms with Crippen molar-refractivity contribution in [2.24, 2.45) is 5.73 Å². The summed E-state index contributed by atoms with van der Waals surface area (Å²) in [6.07, 6.45) is 1.09. The second-order valence-corrected chi connectivity index (χ2v) is 5.46. The summed E-state index contributed by atoms with van der Waals surface area (Å²) < 4.78 is 0. The van der Waals surface area contributed by atoms with Gasteiger partial charge in [0.2, 0.25) is 0 Å². The standard InChI is InChI=1S/C15H23N3/c1-2-17-7-9-18(10-8-17)15-11-14(16)12-5-3-4-6-13(12)15/h3-6,14-15H,2,7-11,16H2,1H3. The number of nitrogens with zero attached hydrogens (tertiary/aromatic N) is 2. The van der Waals surface area contributed by atoms with Crippen molar-refractivity contribution in [2.75, 3.05) is 32.7 Å². The molecule has 3 heteroatoms. The van der Waals surface area contributed by atoms with E-state index in [9.17, 15) is 0 Å². The Morgan fingerprint density at radius 2 is 1.78 bits per heavy atom. The Labute approximate surface area is 110 Å². The van der Waals surface area contributed by atoms with E-state index in [-0.39, 0.29) is 6.04 Å². The molecule has 2 aliphatic rings. The maximum Gasteiger partial charge on any atom is 0.0370 e. The SMILES string of the molecule is CCN1CCN(C2CC(N)c3ccccc32)CC1. The van der Waals surface area contributed by atoms with Gasteiger partial charge < -0.3 is 10.6 Å². The van der Waals surface area contributed by atoms with Crippen LogP contribution in [0, 0.1) is 0 Å². The minimum Gasteiger partial charge on any atom is -0.324 e. The summed E-state index contributed by atoms with van der Waals surface area (Å²) in [6, 6.07) is 9.49. The molecule has 98 valence electrons. The number of piperazine rings is 1. The summed E-state index contributed by atoms with van der Waals surface area (Å²) in [6.45, 7) is 8.18. The lowest BCUT2D eigenvalue weighted by molar-refractivity contribution is 0.0974. The van der Waals surface area contributed by atoms with Gasteiger partial charge in [-0.2, -0.15) is 0 Å². The summed E-state index contributed by atoms with van der Waals surface area (Å²) >= 11 is 0. The van der Waals surface area contributed by atoms with Gasteiger partial charge in [0.15, 0.2) is 0 Å². The largest absolute Gasteiger partial charge is 0.324 e. The molecular formula is C15H23N3. The maximum absolute atomic E-state index is 6.26. The third-order valence-electron chi connectivity index (χ3n) is 4.53.